The lowest BCUT2D eigenvalue weighted by molar-refractivity contribution is -0.125. The maximum atomic E-state index is 13.2. The van der Waals surface area contributed by atoms with Gasteiger partial charge in [-0.1, -0.05) is 49.4 Å². The van der Waals surface area contributed by atoms with Crippen LogP contribution in [0.15, 0.2) is 58.3 Å². The Morgan fingerprint density at radius 2 is 1.10 bits per heavy atom. The number of carbonyl (C=O) groups is 2. The van der Waals surface area contributed by atoms with E-state index in [0.717, 1.165) is 57.1 Å². The third-order valence-corrected chi connectivity index (χ3v) is 13.6. The first-order chi connectivity index (χ1) is 23.4. The van der Waals surface area contributed by atoms with Crippen LogP contribution in [0.3, 0.4) is 0 Å². The van der Waals surface area contributed by atoms with Crippen LogP contribution in [-0.2, 0) is 29.6 Å². The number of benzene rings is 2. The molecule has 0 spiro atoms. The minimum Gasteiger partial charge on any atom is -0.355 e. The molecule has 0 radical (unpaired) electrons. The van der Waals surface area contributed by atoms with Crippen molar-refractivity contribution >= 4 is 66.8 Å². The Balaban J connectivity index is 0.000000266. The second-order valence-corrected chi connectivity index (χ2v) is 17.8. The number of sulfonamides is 2. The highest BCUT2D eigenvalue weighted by Gasteiger charge is 2.37. The highest BCUT2D eigenvalue weighted by Crippen LogP contribution is 2.26. The molecular weight excluding hydrogens is 728 g/mol. The number of hydrogen-bond acceptors (Lipinski definition) is 7. The summed E-state index contributed by atoms with van der Waals surface area (Å²) in [4.78, 5) is 25.2. The summed E-state index contributed by atoms with van der Waals surface area (Å²) in [6.07, 6.45) is 11.1. The minimum absolute atomic E-state index is 0.174. The molecule has 2 aromatic rings. The standard InChI is InChI=1S/C18H27ClN2O3S.C16H23ClN2O3S2/c1-2-3-4-7-14-21(17-8-5-6-13-20-18(17)22)25(23,24)16-11-9-15(19)10-12-16;1-23-12-4-11-19(15-5-2-3-10-18-16(15)20)24(21,22)14-8-6-13(17)7-9-14/h9-12,17H,2-8,13-14H2,1H3,(H,20,22);6-9,15H,2-5,10-12H2,1H3,(H,18,20). The van der Waals surface area contributed by atoms with Crippen LogP contribution in [0.4, 0.5) is 0 Å². The molecule has 2 aliphatic heterocycles. The van der Waals surface area contributed by atoms with Crippen molar-refractivity contribution < 1.29 is 26.4 Å². The molecule has 2 aromatic carbocycles. The molecule has 4 rings (SSSR count). The number of nitrogens with zero attached hydrogens (tertiary/aromatic N) is 2. The van der Waals surface area contributed by atoms with E-state index in [1.165, 1.54) is 32.9 Å². The van der Waals surface area contributed by atoms with Crippen LogP contribution in [0.5, 0.6) is 0 Å². The lowest BCUT2D eigenvalue weighted by atomic mass is 10.1. The molecule has 2 aliphatic rings. The van der Waals surface area contributed by atoms with Crippen LogP contribution in [0.1, 0.15) is 77.6 Å². The topological polar surface area (TPSA) is 133 Å². The summed E-state index contributed by atoms with van der Waals surface area (Å²) in [7, 11) is -7.48. The highest BCUT2D eigenvalue weighted by atomic mass is 35.5. The summed E-state index contributed by atoms with van der Waals surface area (Å²) in [5.41, 5.74) is 0. The zero-order valence-corrected chi connectivity index (χ0v) is 32.4. The molecule has 15 heteroatoms. The van der Waals surface area contributed by atoms with Gasteiger partial charge in [0, 0.05) is 36.2 Å². The van der Waals surface area contributed by atoms with Gasteiger partial charge in [-0.3, -0.25) is 9.59 Å². The Labute approximate surface area is 307 Å². The highest BCUT2D eigenvalue weighted by molar-refractivity contribution is 7.98. The lowest BCUT2D eigenvalue weighted by Crippen LogP contribution is -2.49. The maximum absolute atomic E-state index is 13.2. The first-order valence-corrected chi connectivity index (χ1v) is 22.1. The quantitative estimate of drug-likeness (QED) is 0.202. The Kier molecular flexibility index (Phi) is 17.7. The Morgan fingerprint density at radius 3 is 1.51 bits per heavy atom. The van der Waals surface area contributed by atoms with Gasteiger partial charge in [0.25, 0.3) is 0 Å². The van der Waals surface area contributed by atoms with E-state index in [9.17, 15) is 26.4 Å². The summed E-state index contributed by atoms with van der Waals surface area (Å²) in [6, 6.07) is 11.0. The predicted molar refractivity (Wildman–Crippen MR) is 199 cm³/mol. The van der Waals surface area contributed by atoms with Gasteiger partial charge in [-0.25, -0.2) is 16.8 Å². The molecular formula is C34H50Cl2N4O6S3. The summed E-state index contributed by atoms with van der Waals surface area (Å²) in [5.74, 6) is 0.459. The van der Waals surface area contributed by atoms with Crippen molar-refractivity contribution in [3.05, 3.63) is 58.6 Å². The molecule has 0 saturated carbocycles. The number of carbonyl (C=O) groups excluding carboxylic acids is 2. The lowest BCUT2D eigenvalue weighted by Gasteiger charge is -2.29. The van der Waals surface area contributed by atoms with Gasteiger partial charge in [0.05, 0.1) is 9.79 Å². The second-order valence-electron chi connectivity index (χ2n) is 12.2. The largest absolute Gasteiger partial charge is 0.355 e. The van der Waals surface area contributed by atoms with Gasteiger partial charge in [-0.15, -0.1) is 0 Å². The fourth-order valence-corrected chi connectivity index (χ4v) is 9.81. The van der Waals surface area contributed by atoms with Gasteiger partial charge < -0.3 is 10.6 Å². The molecule has 2 unspecified atom stereocenters. The van der Waals surface area contributed by atoms with Crippen LogP contribution >= 0.6 is 35.0 Å². The molecule has 2 amide bonds. The number of rotatable bonds is 15. The Bertz CT molecular complexity index is 1540. The maximum Gasteiger partial charge on any atom is 0.243 e. The first kappa shape index (κ1) is 41.5. The van der Waals surface area contributed by atoms with Gasteiger partial charge in [0.2, 0.25) is 31.9 Å². The van der Waals surface area contributed by atoms with E-state index in [-0.39, 0.29) is 21.6 Å². The van der Waals surface area contributed by atoms with E-state index in [1.54, 1.807) is 36.0 Å². The minimum atomic E-state index is -3.74. The molecule has 10 nitrogen and oxygen atoms in total. The van der Waals surface area contributed by atoms with Crippen molar-refractivity contribution in [2.45, 2.75) is 99.4 Å². The van der Waals surface area contributed by atoms with Gasteiger partial charge >= 0.3 is 0 Å². The van der Waals surface area contributed by atoms with Crippen LogP contribution < -0.4 is 10.6 Å². The van der Waals surface area contributed by atoms with Gasteiger partial charge in [0.1, 0.15) is 12.1 Å². The molecule has 2 atom stereocenters. The van der Waals surface area contributed by atoms with E-state index < -0.39 is 32.1 Å². The summed E-state index contributed by atoms with van der Waals surface area (Å²) >= 11 is 13.4. The van der Waals surface area contributed by atoms with E-state index >= 15 is 0 Å². The van der Waals surface area contributed by atoms with Crippen molar-refractivity contribution in [1.82, 2.24) is 19.2 Å². The van der Waals surface area contributed by atoms with Crippen molar-refractivity contribution in [1.29, 1.82) is 0 Å². The van der Waals surface area contributed by atoms with Crippen LogP contribution in [-0.4, -0.2) is 87.5 Å². The SMILES string of the molecule is CCCCCCN(C1CCCCNC1=O)S(=O)(=O)c1ccc(Cl)cc1.CSCCCN(C1CCCCNC1=O)S(=O)(=O)c1ccc(Cl)cc1. The van der Waals surface area contributed by atoms with Crippen molar-refractivity contribution in [3.63, 3.8) is 0 Å². The van der Waals surface area contributed by atoms with Crippen molar-refractivity contribution in [2.24, 2.45) is 0 Å². The second kappa shape index (κ2) is 20.8. The van der Waals surface area contributed by atoms with E-state index in [1.807, 2.05) is 6.26 Å². The third kappa shape index (κ3) is 12.4. The molecule has 2 saturated heterocycles. The Morgan fingerprint density at radius 1 is 0.673 bits per heavy atom. The molecule has 2 N–H and O–H groups in total. The molecule has 49 heavy (non-hydrogen) atoms. The van der Waals surface area contributed by atoms with Crippen LogP contribution in [0.25, 0.3) is 0 Å². The number of thioether (sulfide) groups is 1. The summed E-state index contributed by atoms with van der Waals surface area (Å²) in [5, 5.41) is 6.64. The average molecular weight is 778 g/mol. The van der Waals surface area contributed by atoms with E-state index in [2.05, 4.69) is 17.6 Å². The van der Waals surface area contributed by atoms with E-state index in [0.29, 0.717) is 55.5 Å². The van der Waals surface area contributed by atoms with E-state index in [4.69, 9.17) is 23.2 Å². The fraction of sp³-hybridized carbons (Fsp3) is 0.588. The number of amides is 2. The average Bonchev–Trinajstić information content (AvgIpc) is 3.42. The van der Waals surface area contributed by atoms with Crippen molar-refractivity contribution in [2.75, 3.05) is 38.2 Å². The van der Waals surface area contributed by atoms with Gasteiger partial charge in [0.15, 0.2) is 0 Å². The molecule has 0 aliphatic carbocycles. The molecule has 274 valence electrons. The molecule has 0 aromatic heterocycles. The van der Waals surface area contributed by atoms with Gasteiger partial charge in [-0.05, 0) is 112 Å². The van der Waals surface area contributed by atoms with Crippen LogP contribution in [0.2, 0.25) is 10.0 Å². The molecule has 2 fully saturated rings. The molecule has 0 bridgehead atoms. The van der Waals surface area contributed by atoms with Crippen LogP contribution in [0, 0.1) is 0 Å². The summed E-state index contributed by atoms with van der Waals surface area (Å²) < 4.78 is 55.3. The number of unbranched alkanes of at least 4 members (excludes halogenated alkanes) is 3. The molecule has 2 heterocycles. The zero-order chi connectivity index (χ0) is 35.9. The number of nitrogens with one attached hydrogen (secondary N) is 2. The fourth-order valence-electron chi connectivity index (χ4n) is 5.83. The number of hydrogen-bond donors (Lipinski definition) is 2. The smallest absolute Gasteiger partial charge is 0.243 e. The zero-order valence-electron chi connectivity index (χ0n) is 28.4. The Hall–Kier alpha value is -1.87. The van der Waals surface area contributed by atoms with Gasteiger partial charge in [-0.2, -0.15) is 20.4 Å². The summed E-state index contributed by atoms with van der Waals surface area (Å²) in [6.45, 7) is 4.03. The monoisotopic (exact) mass is 776 g/mol. The van der Waals surface area contributed by atoms with Crippen molar-refractivity contribution in [3.8, 4) is 0 Å². The normalized spacial score (nSPS) is 19.0. The third-order valence-electron chi connectivity index (χ3n) is 8.51. The number of halogens is 2. The predicted octanol–water partition coefficient (Wildman–Crippen LogP) is 6.33. The first-order valence-electron chi connectivity index (χ1n) is 17.0.